The van der Waals surface area contributed by atoms with E-state index in [1.165, 1.54) is 16.7 Å². The summed E-state index contributed by atoms with van der Waals surface area (Å²) in [7, 11) is 0. The minimum absolute atomic E-state index is 0. The molecule has 3 aromatic rings. The molecule has 7 heteroatoms. The van der Waals surface area contributed by atoms with E-state index < -0.39 is 0 Å². The largest absolute Gasteiger partial charge is 0.357 e. The summed E-state index contributed by atoms with van der Waals surface area (Å²) >= 11 is 1.74. The lowest BCUT2D eigenvalue weighted by Gasteiger charge is -2.15. The number of aromatic nitrogens is 2. The van der Waals surface area contributed by atoms with E-state index in [9.17, 15) is 0 Å². The van der Waals surface area contributed by atoms with Gasteiger partial charge in [0, 0.05) is 32.0 Å². The van der Waals surface area contributed by atoms with Crippen molar-refractivity contribution in [3.63, 3.8) is 0 Å². The summed E-state index contributed by atoms with van der Waals surface area (Å²) in [6.45, 7) is 7.54. The van der Waals surface area contributed by atoms with E-state index in [2.05, 4.69) is 75.1 Å². The normalized spacial score (nSPS) is 12.3. The third kappa shape index (κ3) is 6.94. The summed E-state index contributed by atoms with van der Waals surface area (Å²) in [6.07, 6.45) is 5.62. The molecule has 0 aliphatic heterocycles. The molecular weight excluding hydrogens is 481 g/mol. The van der Waals surface area contributed by atoms with Crippen molar-refractivity contribution < 1.29 is 0 Å². The smallest absolute Gasteiger partial charge is 0.191 e. The third-order valence-corrected chi connectivity index (χ3v) is 5.10. The van der Waals surface area contributed by atoms with Crippen LogP contribution in [-0.2, 0) is 13.1 Å². The summed E-state index contributed by atoms with van der Waals surface area (Å²) in [4.78, 5) is 8.80. The fraction of sp³-hybridized carbons (Fsp3) is 0.333. The van der Waals surface area contributed by atoms with Gasteiger partial charge in [0.2, 0.25) is 0 Å². The molecule has 28 heavy (non-hydrogen) atoms. The highest BCUT2D eigenvalue weighted by Gasteiger charge is 2.07. The van der Waals surface area contributed by atoms with Crippen molar-refractivity contribution in [3.8, 4) is 0 Å². The van der Waals surface area contributed by atoms with Crippen molar-refractivity contribution in [2.75, 3.05) is 13.1 Å². The van der Waals surface area contributed by atoms with Crippen LogP contribution in [0.1, 0.15) is 36.5 Å². The maximum Gasteiger partial charge on any atom is 0.191 e. The maximum absolute atomic E-state index is 4.72. The lowest BCUT2D eigenvalue weighted by Crippen LogP contribution is -2.39. The van der Waals surface area contributed by atoms with Gasteiger partial charge in [-0.2, -0.15) is 11.3 Å². The van der Waals surface area contributed by atoms with E-state index in [1.54, 1.807) is 17.5 Å². The van der Waals surface area contributed by atoms with Gasteiger partial charge in [-0.25, -0.2) is 9.98 Å². The van der Waals surface area contributed by atoms with E-state index in [0.29, 0.717) is 12.5 Å². The number of rotatable bonds is 8. The Morgan fingerprint density at radius 1 is 1.18 bits per heavy atom. The van der Waals surface area contributed by atoms with Gasteiger partial charge >= 0.3 is 0 Å². The van der Waals surface area contributed by atoms with Gasteiger partial charge in [-0.3, -0.25) is 0 Å². The number of halogens is 1. The minimum Gasteiger partial charge on any atom is -0.357 e. The van der Waals surface area contributed by atoms with Gasteiger partial charge in [-0.1, -0.05) is 31.2 Å². The molecule has 150 valence electrons. The fourth-order valence-corrected chi connectivity index (χ4v) is 3.56. The highest BCUT2D eigenvalue weighted by atomic mass is 127. The van der Waals surface area contributed by atoms with Crippen LogP contribution < -0.4 is 10.6 Å². The molecule has 0 spiro atoms. The highest BCUT2D eigenvalue weighted by Crippen LogP contribution is 2.17. The molecule has 1 aromatic carbocycles. The molecule has 0 fully saturated rings. The second kappa shape index (κ2) is 11.9. The highest BCUT2D eigenvalue weighted by molar-refractivity contribution is 14.0. The summed E-state index contributed by atoms with van der Waals surface area (Å²) in [5.41, 5.74) is 3.83. The number of thiophene rings is 1. The molecule has 0 saturated heterocycles. The average Bonchev–Trinajstić information content (AvgIpc) is 3.39. The van der Waals surface area contributed by atoms with Crippen molar-refractivity contribution >= 4 is 41.3 Å². The van der Waals surface area contributed by atoms with Crippen LogP contribution in [0.4, 0.5) is 0 Å². The van der Waals surface area contributed by atoms with Gasteiger partial charge in [-0.15, -0.1) is 24.0 Å². The molecule has 3 rings (SSSR count). The van der Waals surface area contributed by atoms with E-state index >= 15 is 0 Å². The maximum atomic E-state index is 4.72. The predicted molar refractivity (Wildman–Crippen MR) is 129 cm³/mol. The average molecular weight is 509 g/mol. The fourth-order valence-electron chi connectivity index (χ4n) is 2.78. The van der Waals surface area contributed by atoms with E-state index in [4.69, 9.17) is 4.99 Å². The molecule has 0 amide bonds. The minimum atomic E-state index is 0. The Morgan fingerprint density at radius 2 is 1.96 bits per heavy atom. The Morgan fingerprint density at radius 3 is 2.61 bits per heavy atom. The number of hydrogen-bond donors (Lipinski definition) is 2. The standard InChI is InChI=1S/C21H27N5S.HI/c1-3-23-21(24-12-17(2)20-8-11-27-15-20)25-13-18-4-6-19(7-5-18)14-26-10-9-22-16-26;/h4-11,15-17H,3,12-14H2,1-2H3,(H2,23,24,25);1H. The second-order valence-corrected chi connectivity index (χ2v) is 7.37. The number of guanidine groups is 1. The first-order valence-electron chi connectivity index (χ1n) is 9.32. The number of imidazole rings is 1. The molecule has 2 heterocycles. The summed E-state index contributed by atoms with van der Waals surface area (Å²) in [6, 6.07) is 10.8. The van der Waals surface area contributed by atoms with Crippen LogP contribution in [0.5, 0.6) is 0 Å². The SMILES string of the molecule is CCNC(=NCc1ccc(Cn2ccnc2)cc1)NCC(C)c1ccsc1.I. The molecule has 1 unspecified atom stereocenters. The molecule has 2 aromatic heterocycles. The number of nitrogens with one attached hydrogen (secondary N) is 2. The third-order valence-electron chi connectivity index (χ3n) is 4.40. The van der Waals surface area contributed by atoms with Gasteiger partial charge < -0.3 is 15.2 Å². The van der Waals surface area contributed by atoms with Crippen molar-refractivity contribution in [1.29, 1.82) is 0 Å². The lowest BCUT2D eigenvalue weighted by atomic mass is 10.1. The van der Waals surface area contributed by atoms with Crippen LogP contribution in [0.25, 0.3) is 0 Å². The molecule has 0 radical (unpaired) electrons. The first-order chi connectivity index (χ1) is 13.2. The number of nitrogens with zero attached hydrogens (tertiary/aromatic N) is 3. The van der Waals surface area contributed by atoms with Crippen molar-refractivity contribution in [2.45, 2.75) is 32.9 Å². The molecule has 0 bridgehead atoms. The van der Waals surface area contributed by atoms with E-state index in [0.717, 1.165) is 25.6 Å². The predicted octanol–water partition coefficient (Wildman–Crippen LogP) is 4.47. The molecule has 0 aliphatic rings. The lowest BCUT2D eigenvalue weighted by molar-refractivity contribution is 0.701. The van der Waals surface area contributed by atoms with Crippen LogP contribution in [0.2, 0.25) is 0 Å². The molecular formula is C21H28IN5S. The second-order valence-electron chi connectivity index (χ2n) is 6.59. The Bertz CT molecular complexity index is 813. The molecule has 2 N–H and O–H groups in total. The number of aliphatic imine (C=N–C) groups is 1. The molecule has 0 aliphatic carbocycles. The van der Waals surface area contributed by atoms with Gasteiger partial charge in [0.05, 0.1) is 12.9 Å². The Balaban J connectivity index is 0.00000280. The Kier molecular flexibility index (Phi) is 9.49. The van der Waals surface area contributed by atoms with Gasteiger partial charge in [0.1, 0.15) is 0 Å². The molecule has 0 saturated carbocycles. The van der Waals surface area contributed by atoms with Crippen LogP contribution in [0.15, 0.2) is 64.8 Å². The van der Waals surface area contributed by atoms with Gasteiger partial charge in [0.15, 0.2) is 5.96 Å². The van der Waals surface area contributed by atoms with Crippen molar-refractivity contribution in [2.24, 2.45) is 4.99 Å². The number of hydrogen-bond acceptors (Lipinski definition) is 3. The summed E-state index contributed by atoms with van der Waals surface area (Å²) in [5.74, 6) is 1.32. The van der Waals surface area contributed by atoms with Crippen LogP contribution in [-0.4, -0.2) is 28.6 Å². The number of benzene rings is 1. The van der Waals surface area contributed by atoms with Crippen LogP contribution in [0, 0.1) is 0 Å². The Hall–Kier alpha value is -1.87. The Labute approximate surface area is 188 Å². The van der Waals surface area contributed by atoms with Gasteiger partial charge in [-0.05, 0) is 46.4 Å². The van der Waals surface area contributed by atoms with Crippen molar-refractivity contribution in [1.82, 2.24) is 20.2 Å². The summed E-state index contributed by atoms with van der Waals surface area (Å²) < 4.78 is 2.06. The van der Waals surface area contributed by atoms with Crippen LogP contribution in [0.3, 0.4) is 0 Å². The zero-order valence-corrected chi connectivity index (χ0v) is 19.5. The quantitative estimate of drug-likeness (QED) is 0.268. The topological polar surface area (TPSA) is 54.2 Å². The first-order valence-corrected chi connectivity index (χ1v) is 10.3. The first kappa shape index (κ1) is 22.4. The van der Waals surface area contributed by atoms with E-state index in [1.807, 2.05) is 12.5 Å². The monoisotopic (exact) mass is 509 g/mol. The molecule has 1 atom stereocenters. The van der Waals surface area contributed by atoms with Crippen LogP contribution >= 0.6 is 35.3 Å². The molecule has 5 nitrogen and oxygen atoms in total. The zero-order chi connectivity index (χ0) is 18.9. The van der Waals surface area contributed by atoms with E-state index in [-0.39, 0.29) is 24.0 Å². The summed E-state index contributed by atoms with van der Waals surface area (Å²) in [5, 5.41) is 11.1. The zero-order valence-electron chi connectivity index (χ0n) is 16.3. The van der Waals surface area contributed by atoms with Crippen molar-refractivity contribution in [3.05, 3.63) is 76.5 Å². The van der Waals surface area contributed by atoms with Gasteiger partial charge in [0.25, 0.3) is 0 Å².